The van der Waals surface area contributed by atoms with Crippen molar-refractivity contribution in [1.82, 2.24) is 5.32 Å². The minimum Gasteiger partial charge on any atom is -0.372 e. The molecule has 1 aromatic carbocycles. The molecule has 29 heavy (non-hydrogen) atoms. The molecule has 0 amide bonds. The smallest absolute Gasteiger partial charge is 0.372 e. The molecule has 156 valence electrons. The van der Waals surface area contributed by atoms with E-state index in [0.717, 1.165) is 37.2 Å². The fourth-order valence-electron chi connectivity index (χ4n) is 3.54. The fourth-order valence-corrected chi connectivity index (χ4v) is 4.80. The third-order valence-corrected chi connectivity index (χ3v) is 6.75. The topological polar surface area (TPSA) is 15.3 Å². The predicted molar refractivity (Wildman–Crippen MR) is 117 cm³/mol. The van der Waals surface area contributed by atoms with Gasteiger partial charge in [-0.3, -0.25) is 0 Å². The summed E-state index contributed by atoms with van der Waals surface area (Å²) in [6.07, 6.45) is 3.95. The molecule has 0 aliphatic carbocycles. The first-order valence-electron chi connectivity index (χ1n) is 9.83. The number of anilines is 1. The van der Waals surface area contributed by atoms with E-state index >= 15 is 0 Å². The SMILES string of the molecule is C=C/C=C(\C=C/C(C)C(F)(F)F)C1NC(C)=C(CCN2CCc3ccccc32)S1. The highest BCUT2D eigenvalue weighted by molar-refractivity contribution is 8.04. The number of hydrogen-bond acceptors (Lipinski definition) is 3. The third-order valence-electron chi connectivity index (χ3n) is 5.32. The summed E-state index contributed by atoms with van der Waals surface area (Å²) >= 11 is 1.68. The van der Waals surface area contributed by atoms with Crippen LogP contribution in [0.4, 0.5) is 18.9 Å². The molecule has 6 heteroatoms. The number of alkyl halides is 3. The first-order valence-corrected chi connectivity index (χ1v) is 10.7. The Morgan fingerprint density at radius 1 is 1.38 bits per heavy atom. The molecule has 2 unspecified atom stereocenters. The summed E-state index contributed by atoms with van der Waals surface area (Å²) in [4.78, 5) is 3.67. The van der Waals surface area contributed by atoms with Crippen molar-refractivity contribution in [2.75, 3.05) is 18.0 Å². The Balaban J connectivity index is 1.61. The summed E-state index contributed by atoms with van der Waals surface area (Å²) in [6, 6.07) is 8.51. The van der Waals surface area contributed by atoms with Gasteiger partial charge in [-0.15, -0.1) is 0 Å². The molecule has 0 saturated heterocycles. The lowest BCUT2D eigenvalue weighted by atomic mass is 10.1. The first kappa shape index (κ1) is 21.6. The Morgan fingerprint density at radius 3 is 2.86 bits per heavy atom. The van der Waals surface area contributed by atoms with Gasteiger partial charge in [0, 0.05) is 29.4 Å². The lowest BCUT2D eigenvalue weighted by Crippen LogP contribution is -2.21. The van der Waals surface area contributed by atoms with Gasteiger partial charge < -0.3 is 10.2 Å². The monoisotopic (exact) mass is 420 g/mol. The van der Waals surface area contributed by atoms with E-state index in [1.54, 1.807) is 30.0 Å². The molecule has 3 rings (SSSR count). The molecule has 1 N–H and O–H groups in total. The molecule has 0 bridgehead atoms. The van der Waals surface area contributed by atoms with Gasteiger partial charge in [0.05, 0.1) is 5.92 Å². The maximum Gasteiger partial charge on any atom is 0.394 e. The Kier molecular flexibility index (Phi) is 6.83. The van der Waals surface area contributed by atoms with Crippen molar-refractivity contribution in [1.29, 1.82) is 0 Å². The number of para-hydroxylation sites is 1. The molecule has 2 atom stereocenters. The quantitative estimate of drug-likeness (QED) is 0.529. The van der Waals surface area contributed by atoms with E-state index in [1.165, 1.54) is 29.2 Å². The Morgan fingerprint density at radius 2 is 2.14 bits per heavy atom. The number of allylic oxidation sites excluding steroid dienone is 4. The van der Waals surface area contributed by atoms with Crippen molar-refractivity contribution in [3.63, 3.8) is 0 Å². The molecule has 2 nitrogen and oxygen atoms in total. The van der Waals surface area contributed by atoms with E-state index in [4.69, 9.17) is 0 Å². The lowest BCUT2D eigenvalue weighted by Gasteiger charge is -2.19. The fraction of sp³-hybridized carbons (Fsp3) is 0.391. The van der Waals surface area contributed by atoms with Gasteiger partial charge in [-0.05, 0) is 37.0 Å². The summed E-state index contributed by atoms with van der Waals surface area (Å²) in [5.74, 6) is -1.48. The van der Waals surface area contributed by atoms with Crippen molar-refractivity contribution < 1.29 is 13.2 Å². The van der Waals surface area contributed by atoms with E-state index in [9.17, 15) is 13.2 Å². The first-order chi connectivity index (χ1) is 13.8. The molecule has 0 aromatic heterocycles. The van der Waals surface area contributed by atoms with Crippen LogP contribution in [-0.2, 0) is 6.42 Å². The second kappa shape index (κ2) is 9.16. The van der Waals surface area contributed by atoms with Crippen LogP contribution in [-0.4, -0.2) is 24.6 Å². The van der Waals surface area contributed by atoms with Gasteiger partial charge in [-0.1, -0.05) is 67.8 Å². The van der Waals surface area contributed by atoms with Crippen LogP contribution in [0.25, 0.3) is 0 Å². The Bertz CT molecular complexity index is 839. The second-order valence-electron chi connectivity index (χ2n) is 7.40. The van der Waals surface area contributed by atoms with Gasteiger partial charge in [0.15, 0.2) is 0 Å². The number of nitrogens with zero attached hydrogens (tertiary/aromatic N) is 1. The molecular formula is C23H27F3N2S. The molecule has 2 heterocycles. The van der Waals surface area contributed by atoms with E-state index in [0.29, 0.717) is 0 Å². The molecule has 0 radical (unpaired) electrons. The standard InChI is InChI=1S/C23H27F3N2S/c1-4-7-19(11-10-16(2)23(24,25)26)22-27-17(3)21(29-22)13-15-28-14-12-18-8-5-6-9-20(18)28/h4-11,16,22,27H,1,12-15H2,2-3H3/b11-10-,19-7+. The average Bonchev–Trinajstić information content (AvgIpc) is 3.25. The highest BCUT2D eigenvalue weighted by Crippen LogP contribution is 2.38. The van der Waals surface area contributed by atoms with Crippen LogP contribution in [0.15, 0.2) is 71.3 Å². The largest absolute Gasteiger partial charge is 0.394 e. The molecule has 0 spiro atoms. The maximum absolute atomic E-state index is 12.8. The van der Waals surface area contributed by atoms with Crippen LogP contribution in [0, 0.1) is 5.92 Å². The van der Waals surface area contributed by atoms with Crippen LogP contribution >= 0.6 is 11.8 Å². The number of rotatable bonds is 7. The van der Waals surface area contributed by atoms with Gasteiger partial charge in [0.2, 0.25) is 0 Å². The van der Waals surface area contributed by atoms with Crippen molar-refractivity contribution in [3.05, 3.63) is 76.9 Å². The zero-order chi connectivity index (χ0) is 21.0. The number of nitrogens with one attached hydrogen (secondary N) is 1. The van der Waals surface area contributed by atoms with E-state index in [1.807, 2.05) is 6.92 Å². The van der Waals surface area contributed by atoms with Crippen LogP contribution in [0.1, 0.15) is 25.8 Å². The van der Waals surface area contributed by atoms with Crippen molar-refractivity contribution in [3.8, 4) is 0 Å². The minimum absolute atomic E-state index is 0.0921. The Labute approximate surface area is 175 Å². The summed E-state index contributed by atoms with van der Waals surface area (Å²) in [5, 5.41) is 3.33. The maximum atomic E-state index is 12.8. The zero-order valence-electron chi connectivity index (χ0n) is 16.8. The van der Waals surface area contributed by atoms with Gasteiger partial charge >= 0.3 is 6.18 Å². The second-order valence-corrected chi connectivity index (χ2v) is 8.60. The van der Waals surface area contributed by atoms with Gasteiger partial charge in [-0.2, -0.15) is 13.2 Å². The molecule has 2 aliphatic heterocycles. The van der Waals surface area contributed by atoms with Crippen LogP contribution in [0.2, 0.25) is 0 Å². The minimum atomic E-state index is -4.22. The van der Waals surface area contributed by atoms with Gasteiger partial charge in [0.1, 0.15) is 5.37 Å². The molecule has 1 aromatic rings. The van der Waals surface area contributed by atoms with Crippen molar-refractivity contribution in [2.45, 2.75) is 38.2 Å². The number of fused-ring (bicyclic) bond motifs is 1. The normalized spacial score (nSPS) is 20.9. The van der Waals surface area contributed by atoms with Crippen LogP contribution < -0.4 is 10.2 Å². The Hall–Kier alpha value is -2.08. The van der Waals surface area contributed by atoms with E-state index in [-0.39, 0.29) is 5.37 Å². The highest BCUT2D eigenvalue weighted by Gasteiger charge is 2.34. The highest BCUT2D eigenvalue weighted by atomic mass is 32.2. The van der Waals surface area contributed by atoms with Crippen molar-refractivity contribution in [2.24, 2.45) is 5.92 Å². The predicted octanol–water partition coefficient (Wildman–Crippen LogP) is 6.20. The molecule has 2 aliphatic rings. The summed E-state index contributed by atoms with van der Waals surface area (Å²) < 4.78 is 38.4. The lowest BCUT2D eigenvalue weighted by molar-refractivity contribution is -0.156. The van der Waals surface area contributed by atoms with Crippen LogP contribution in [0.3, 0.4) is 0 Å². The number of benzene rings is 1. The third kappa shape index (κ3) is 5.30. The van der Waals surface area contributed by atoms with E-state index in [2.05, 4.69) is 41.1 Å². The molecule has 0 fully saturated rings. The summed E-state index contributed by atoms with van der Waals surface area (Å²) in [7, 11) is 0. The zero-order valence-corrected chi connectivity index (χ0v) is 17.6. The van der Waals surface area contributed by atoms with E-state index < -0.39 is 12.1 Å². The molecule has 0 saturated carbocycles. The van der Waals surface area contributed by atoms with Crippen LogP contribution in [0.5, 0.6) is 0 Å². The number of halogens is 3. The summed E-state index contributed by atoms with van der Waals surface area (Å²) in [5.41, 5.74) is 4.60. The van der Waals surface area contributed by atoms with Crippen molar-refractivity contribution >= 4 is 17.4 Å². The number of hydrogen-bond donors (Lipinski definition) is 1. The van der Waals surface area contributed by atoms with Gasteiger partial charge in [-0.25, -0.2) is 0 Å². The average molecular weight is 421 g/mol. The number of thioether (sulfide) groups is 1. The summed E-state index contributed by atoms with van der Waals surface area (Å²) in [6.45, 7) is 8.88. The molecular weight excluding hydrogens is 393 g/mol. The van der Waals surface area contributed by atoms with Gasteiger partial charge in [0.25, 0.3) is 0 Å².